The Bertz CT molecular complexity index is 1220. The van der Waals surface area contributed by atoms with Gasteiger partial charge in [-0.3, -0.25) is 9.69 Å². The van der Waals surface area contributed by atoms with Crippen molar-refractivity contribution in [2.24, 2.45) is 0 Å². The lowest BCUT2D eigenvalue weighted by atomic mass is 10.1. The minimum atomic E-state index is -1.14. The smallest absolute Gasteiger partial charge is 0.327 e. The number of rotatable bonds is 9. The zero-order valence-corrected chi connectivity index (χ0v) is 20.8. The molecule has 0 aliphatic carbocycles. The fraction of sp³-hybridized carbons (Fsp3) is 0.207. The zero-order valence-electron chi connectivity index (χ0n) is 20.0. The van der Waals surface area contributed by atoms with Crippen LogP contribution in [0.4, 0.5) is 4.79 Å². The second kappa shape index (κ2) is 13.8. The summed E-state index contributed by atoms with van der Waals surface area (Å²) in [4.78, 5) is 38.8. The molecule has 0 aliphatic heterocycles. The number of carboxylic acids is 1. The zero-order chi connectivity index (χ0) is 25.8. The maximum Gasteiger partial charge on any atom is 0.327 e. The van der Waals surface area contributed by atoms with E-state index in [2.05, 4.69) is 17.2 Å². The molecular weight excluding hydrogens is 472 g/mol. The third-order valence-corrected chi connectivity index (χ3v) is 6.29. The lowest BCUT2D eigenvalue weighted by molar-refractivity contribution is -0.138. The Balaban J connectivity index is 1.63. The standard InChI is InChI=1S/C29H28N2O4S/c1-2-19-31(29(35)30-26(28(33)34)21-36-20-24-11-7-4-8-12-24)27(32)25-17-15-23(16-18-25)14-13-22-9-5-3-6-10-22/h3-12,15-18,26H,2,19-21H2,1H3,(H,30,35)(H,33,34)/t26-/m0/s1. The molecule has 36 heavy (non-hydrogen) atoms. The highest BCUT2D eigenvalue weighted by atomic mass is 32.2. The van der Waals surface area contributed by atoms with E-state index in [0.717, 1.165) is 21.6 Å². The van der Waals surface area contributed by atoms with Crippen molar-refractivity contribution in [3.8, 4) is 11.8 Å². The van der Waals surface area contributed by atoms with Gasteiger partial charge in [-0.05, 0) is 48.4 Å². The van der Waals surface area contributed by atoms with E-state index in [9.17, 15) is 19.5 Å². The average molecular weight is 501 g/mol. The topological polar surface area (TPSA) is 86.7 Å². The van der Waals surface area contributed by atoms with Crippen LogP contribution in [-0.2, 0) is 10.5 Å². The number of carbonyl (C=O) groups is 3. The van der Waals surface area contributed by atoms with Crippen LogP contribution in [0.5, 0.6) is 0 Å². The van der Waals surface area contributed by atoms with Crippen LogP contribution in [-0.4, -0.2) is 46.3 Å². The summed E-state index contributed by atoms with van der Waals surface area (Å²) in [6.45, 7) is 2.02. The van der Waals surface area contributed by atoms with E-state index in [1.165, 1.54) is 11.8 Å². The maximum atomic E-state index is 13.1. The van der Waals surface area contributed by atoms with Crippen molar-refractivity contribution < 1.29 is 19.5 Å². The van der Waals surface area contributed by atoms with E-state index in [0.29, 0.717) is 17.7 Å². The number of hydrogen-bond donors (Lipinski definition) is 2. The molecule has 0 aromatic heterocycles. The summed E-state index contributed by atoms with van der Waals surface area (Å²) in [5.41, 5.74) is 3.02. The normalized spacial score (nSPS) is 11.0. The molecule has 0 saturated heterocycles. The van der Waals surface area contributed by atoms with Crippen LogP contribution < -0.4 is 5.32 Å². The number of carboxylic acid groups (broad SMARTS) is 1. The molecule has 3 aromatic rings. The van der Waals surface area contributed by atoms with E-state index in [4.69, 9.17) is 0 Å². The molecule has 0 spiro atoms. The number of amides is 3. The molecule has 6 nitrogen and oxygen atoms in total. The van der Waals surface area contributed by atoms with E-state index in [1.807, 2.05) is 67.6 Å². The molecule has 0 heterocycles. The van der Waals surface area contributed by atoms with Crippen molar-refractivity contribution in [3.63, 3.8) is 0 Å². The summed E-state index contributed by atoms with van der Waals surface area (Å²) in [7, 11) is 0. The van der Waals surface area contributed by atoms with Gasteiger partial charge < -0.3 is 10.4 Å². The van der Waals surface area contributed by atoms with Gasteiger partial charge in [0.05, 0.1) is 0 Å². The van der Waals surface area contributed by atoms with Crippen LogP contribution in [0.25, 0.3) is 0 Å². The predicted octanol–water partition coefficient (Wildman–Crippen LogP) is 5.03. The van der Waals surface area contributed by atoms with Crippen LogP contribution in [0.15, 0.2) is 84.9 Å². The van der Waals surface area contributed by atoms with Crippen LogP contribution >= 0.6 is 11.8 Å². The van der Waals surface area contributed by atoms with Crippen molar-refractivity contribution in [1.82, 2.24) is 10.2 Å². The molecule has 2 N–H and O–H groups in total. The highest BCUT2D eigenvalue weighted by Gasteiger charge is 2.27. The number of imide groups is 1. The van der Waals surface area contributed by atoms with E-state index < -0.39 is 23.9 Å². The SMILES string of the molecule is CCCN(C(=O)N[C@@H](CSCc1ccccc1)C(=O)O)C(=O)c1ccc(C#Cc2ccccc2)cc1. The molecular formula is C29H28N2O4S. The Hall–Kier alpha value is -4.02. The first-order chi connectivity index (χ1) is 17.5. The molecule has 0 bridgehead atoms. The minimum absolute atomic E-state index is 0.170. The summed E-state index contributed by atoms with van der Waals surface area (Å²) < 4.78 is 0. The molecule has 3 aromatic carbocycles. The summed E-state index contributed by atoms with van der Waals surface area (Å²) in [6, 6.07) is 24.1. The predicted molar refractivity (Wildman–Crippen MR) is 143 cm³/mol. The summed E-state index contributed by atoms with van der Waals surface area (Å²) in [5, 5.41) is 12.1. The quantitative estimate of drug-likeness (QED) is 0.402. The third-order valence-electron chi connectivity index (χ3n) is 5.19. The summed E-state index contributed by atoms with van der Waals surface area (Å²) in [5.74, 6) is 5.29. The van der Waals surface area contributed by atoms with Gasteiger partial charge >= 0.3 is 12.0 Å². The van der Waals surface area contributed by atoms with Crippen molar-refractivity contribution >= 4 is 29.7 Å². The van der Waals surface area contributed by atoms with Crippen LogP contribution in [0, 0.1) is 11.8 Å². The van der Waals surface area contributed by atoms with Crippen molar-refractivity contribution in [3.05, 3.63) is 107 Å². The Morgan fingerprint density at radius 2 is 1.47 bits per heavy atom. The molecule has 0 aliphatic rings. The number of urea groups is 1. The average Bonchev–Trinajstić information content (AvgIpc) is 2.91. The van der Waals surface area contributed by atoms with Gasteiger partial charge in [0.15, 0.2) is 0 Å². The molecule has 0 radical (unpaired) electrons. The second-order valence-corrected chi connectivity index (χ2v) is 9.02. The molecule has 7 heteroatoms. The molecule has 0 unspecified atom stereocenters. The highest BCUT2D eigenvalue weighted by Crippen LogP contribution is 2.14. The number of aliphatic carboxylic acids is 1. The summed E-state index contributed by atoms with van der Waals surface area (Å²) >= 11 is 1.41. The number of hydrogen-bond acceptors (Lipinski definition) is 4. The van der Waals surface area contributed by atoms with Crippen molar-refractivity contribution in [1.29, 1.82) is 0 Å². The number of nitrogens with zero attached hydrogens (tertiary/aromatic N) is 1. The van der Waals surface area contributed by atoms with Gasteiger partial charge in [0, 0.05) is 34.7 Å². The van der Waals surface area contributed by atoms with Gasteiger partial charge in [0.25, 0.3) is 5.91 Å². The molecule has 1 atom stereocenters. The molecule has 3 rings (SSSR count). The van der Waals surface area contributed by atoms with Crippen molar-refractivity contribution in [2.75, 3.05) is 12.3 Å². The van der Waals surface area contributed by atoms with E-state index in [-0.39, 0.29) is 12.3 Å². The molecule has 3 amide bonds. The molecule has 0 saturated carbocycles. The lowest BCUT2D eigenvalue weighted by Gasteiger charge is -2.23. The number of carbonyl (C=O) groups excluding carboxylic acids is 2. The second-order valence-electron chi connectivity index (χ2n) is 7.99. The minimum Gasteiger partial charge on any atom is -0.480 e. The number of nitrogens with one attached hydrogen (secondary N) is 1. The Morgan fingerprint density at radius 3 is 2.06 bits per heavy atom. The van der Waals surface area contributed by atoms with Crippen LogP contribution in [0.3, 0.4) is 0 Å². The number of thioether (sulfide) groups is 1. The summed E-state index contributed by atoms with van der Waals surface area (Å²) in [6.07, 6.45) is 0.542. The van der Waals surface area contributed by atoms with Gasteiger partial charge in [0.1, 0.15) is 6.04 Å². The first-order valence-electron chi connectivity index (χ1n) is 11.6. The fourth-order valence-corrected chi connectivity index (χ4v) is 4.31. The van der Waals surface area contributed by atoms with E-state index >= 15 is 0 Å². The van der Waals surface area contributed by atoms with Gasteiger partial charge in [0.2, 0.25) is 0 Å². The monoisotopic (exact) mass is 500 g/mol. The first-order valence-corrected chi connectivity index (χ1v) is 12.8. The molecule has 0 fully saturated rings. The number of benzene rings is 3. The van der Waals surface area contributed by atoms with E-state index in [1.54, 1.807) is 24.3 Å². The van der Waals surface area contributed by atoms with Crippen LogP contribution in [0.1, 0.15) is 40.4 Å². The lowest BCUT2D eigenvalue weighted by Crippen LogP contribution is -2.51. The highest BCUT2D eigenvalue weighted by molar-refractivity contribution is 7.98. The van der Waals surface area contributed by atoms with Crippen LogP contribution in [0.2, 0.25) is 0 Å². The fourth-order valence-electron chi connectivity index (χ4n) is 3.31. The maximum absolute atomic E-state index is 13.1. The Morgan fingerprint density at radius 1 is 0.889 bits per heavy atom. The van der Waals surface area contributed by atoms with Crippen molar-refractivity contribution in [2.45, 2.75) is 25.1 Å². The van der Waals surface area contributed by atoms with Gasteiger partial charge in [-0.25, -0.2) is 9.59 Å². The molecule has 184 valence electrons. The third kappa shape index (κ3) is 8.03. The first kappa shape index (κ1) is 26.6. The Kier molecular flexibility index (Phi) is 10.2. The Labute approximate surface area is 215 Å². The van der Waals surface area contributed by atoms with Gasteiger partial charge in [-0.2, -0.15) is 11.8 Å². The largest absolute Gasteiger partial charge is 0.480 e. The van der Waals surface area contributed by atoms with Gasteiger partial charge in [-0.15, -0.1) is 0 Å². The van der Waals surface area contributed by atoms with Gasteiger partial charge in [-0.1, -0.05) is 67.3 Å².